The van der Waals surface area contributed by atoms with E-state index in [0.29, 0.717) is 12.0 Å². The average Bonchev–Trinajstić information content (AvgIpc) is 3.01. The van der Waals surface area contributed by atoms with Crippen LogP contribution >= 0.6 is 7.75 Å². The topological polar surface area (TPSA) is 73.9 Å². The van der Waals surface area contributed by atoms with Crippen molar-refractivity contribution < 1.29 is 45.1 Å². The van der Waals surface area contributed by atoms with Crippen LogP contribution in [0.4, 0.5) is 22.0 Å². The Hall–Kier alpha value is -3.43. The molecule has 43 heavy (non-hydrogen) atoms. The first-order valence-corrected chi connectivity index (χ1v) is 15.7. The third-order valence-electron chi connectivity index (χ3n) is 6.47. The van der Waals surface area contributed by atoms with Crippen LogP contribution in [-0.2, 0) is 20.5 Å². The van der Waals surface area contributed by atoms with E-state index < -0.39 is 54.6 Å². The molecule has 0 radical (unpaired) electrons. The second kappa shape index (κ2) is 17.0. The predicted octanol–water partition coefficient (Wildman–Crippen LogP) is 8.83. The molecular formula is C31H35F5NO5P. The van der Waals surface area contributed by atoms with Gasteiger partial charge in [-0.2, -0.15) is 13.9 Å². The standard InChI is InChI=1S/C31H35F5NO5P/c1-2-3-4-5-6-7-8-15-20-40-31(38)24(21-22-16-11-9-12-17-22)37-43(39,41-23-18-13-10-14-19-23)42-30-28(35)26(33)25(32)27(34)29(30)36/h9-14,16-19,24H,2-8,15,20-21H2,1H3,(H,37,39)/t24-,43-/m0/s1. The lowest BCUT2D eigenvalue weighted by Crippen LogP contribution is -2.40. The average molecular weight is 628 g/mol. The van der Waals surface area contributed by atoms with E-state index in [1.54, 1.807) is 36.4 Å². The second-order valence-electron chi connectivity index (χ2n) is 9.91. The van der Waals surface area contributed by atoms with Gasteiger partial charge >= 0.3 is 13.7 Å². The fourth-order valence-electron chi connectivity index (χ4n) is 4.21. The molecule has 0 saturated carbocycles. The summed E-state index contributed by atoms with van der Waals surface area (Å²) in [6.07, 6.45) is 7.99. The summed E-state index contributed by atoms with van der Waals surface area (Å²) in [6, 6.07) is 14.2. The molecule has 0 aromatic heterocycles. The smallest absolute Gasteiger partial charge is 0.465 e. The molecule has 3 aromatic carbocycles. The number of rotatable bonds is 18. The van der Waals surface area contributed by atoms with E-state index in [1.165, 1.54) is 37.1 Å². The molecule has 12 heteroatoms. The molecule has 0 saturated heterocycles. The molecule has 0 heterocycles. The van der Waals surface area contributed by atoms with Crippen LogP contribution in [0.15, 0.2) is 60.7 Å². The number of hydrogen-bond donors (Lipinski definition) is 1. The van der Waals surface area contributed by atoms with Gasteiger partial charge in [0, 0.05) is 0 Å². The Bertz CT molecular complexity index is 1330. The highest BCUT2D eigenvalue weighted by Gasteiger charge is 2.39. The first-order chi connectivity index (χ1) is 20.6. The zero-order valence-electron chi connectivity index (χ0n) is 23.8. The van der Waals surface area contributed by atoms with Gasteiger partial charge < -0.3 is 13.8 Å². The maximum absolute atomic E-state index is 14.5. The zero-order chi connectivity index (χ0) is 31.2. The lowest BCUT2D eigenvalue weighted by molar-refractivity contribution is -0.145. The number of carbonyl (C=O) groups is 1. The number of benzene rings is 3. The number of unbranched alkanes of at least 4 members (excludes halogenated alkanes) is 7. The quantitative estimate of drug-likeness (QED) is 0.0380. The first-order valence-electron chi connectivity index (χ1n) is 14.2. The van der Waals surface area contributed by atoms with Crippen molar-refractivity contribution in [1.29, 1.82) is 0 Å². The molecule has 0 spiro atoms. The number of carbonyl (C=O) groups excluding carboxylic acids is 1. The molecule has 0 unspecified atom stereocenters. The van der Waals surface area contributed by atoms with E-state index in [9.17, 15) is 31.3 Å². The highest BCUT2D eigenvalue weighted by atomic mass is 31.2. The van der Waals surface area contributed by atoms with Crippen molar-refractivity contribution in [1.82, 2.24) is 5.09 Å². The minimum atomic E-state index is -5.07. The summed E-state index contributed by atoms with van der Waals surface area (Å²) >= 11 is 0. The molecule has 0 aliphatic carbocycles. The normalized spacial score (nSPS) is 13.3. The number of esters is 1. The van der Waals surface area contributed by atoms with E-state index >= 15 is 0 Å². The molecule has 0 bridgehead atoms. The molecule has 0 aliphatic rings. The molecule has 1 N–H and O–H groups in total. The number of halogens is 5. The Morgan fingerprint density at radius 2 is 1.23 bits per heavy atom. The summed E-state index contributed by atoms with van der Waals surface area (Å²) < 4.78 is 100. The molecule has 3 rings (SSSR count). The fourth-order valence-corrected chi connectivity index (χ4v) is 5.73. The highest BCUT2D eigenvalue weighted by Crippen LogP contribution is 2.47. The largest absolute Gasteiger partial charge is 0.513 e. The van der Waals surface area contributed by atoms with Gasteiger partial charge in [-0.05, 0) is 30.5 Å². The monoisotopic (exact) mass is 627 g/mol. The second-order valence-corrected chi connectivity index (χ2v) is 11.5. The number of hydrogen-bond acceptors (Lipinski definition) is 5. The Balaban J connectivity index is 1.82. The molecule has 0 amide bonds. The van der Waals surface area contributed by atoms with Gasteiger partial charge in [0.1, 0.15) is 11.8 Å². The zero-order valence-corrected chi connectivity index (χ0v) is 24.7. The van der Waals surface area contributed by atoms with Gasteiger partial charge in [0.2, 0.25) is 34.8 Å². The van der Waals surface area contributed by atoms with Crippen molar-refractivity contribution in [3.63, 3.8) is 0 Å². The molecule has 0 fully saturated rings. The third kappa shape index (κ3) is 10.4. The Morgan fingerprint density at radius 1 is 0.721 bits per heavy atom. The summed E-state index contributed by atoms with van der Waals surface area (Å²) in [4.78, 5) is 13.2. The predicted molar refractivity (Wildman–Crippen MR) is 152 cm³/mol. The van der Waals surface area contributed by atoms with E-state index in [0.717, 1.165) is 32.1 Å². The minimum Gasteiger partial charge on any atom is -0.465 e. The van der Waals surface area contributed by atoms with Crippen molar-refractivity contribution in [2.24, 2.45) is 0 Å². The summed E-state index contributed by atoms with van der Waals surface area (Å²) in [5.41, 5.74) is 0.589. The Kier molecular flexibility index (Phi) is 13.5. The maximum atomic E-state index is 14.5. The molecule has 0 aliphatic heterocycles. The van der Waals surface area contributed by atoms with Gasteiger partial charge in [0.25, 0.3) is 0 Å². The first kappa shape index (κ1) is 34.1. The lowest BCUT2D eigenvalue weighted by atomic mass is 10.1. The van der Waals surface area contributed by atoms with Gasteiger partial charge in [0.15, 0.2) is 0 Å². The molecule has 234 valence electrons. The van der Waals surface area contributed by atoms with Crippen LogP contribution in [0.5, 0.6) is 11.5 Å². The van der Waals surface area contributed by atoms with Gasteiger partial charge in [0.05, 0.1) is 6.61 Å². The number of para-hydroxylation sites is 1. The van der Waals surface area contributed by atoms with Gasteiger partial charge in [-0.15, -0.1) is 0 Å². The van der Waals surface area contributed by atoms with E-state index in [2.05, 4.69) is 12.0 Å². The van der Waals surface area contributed by atoms with E-state index in [4.69, 9.17) is 13.8 Å². The van der Waals surface area contributed by atoms with Crippen molar-refractivity contribution >= 4 is 13.7 Å². The van der Waals surface area contributed by atoms with E-state index in [1.807, 2.05) is 0 Å². The third-order valence-corrected chi connectivity index (χ3v) is 7.98. The van der Waals surface area contributed by atoms with Crippen LogP contribution in [0.2, 0.25) is 0 Å². The van der Waals surface area contributed by atoms with Crippen LogP contribution in [0.3, 0.4) is 0 Å². The van der Waals surface area contributed by atoms with Crippen LogP contribution < -0.4 is 14.1 Å². The van der Waals surface area contributed by atoms with Crippen molar-refractivity contribution in [3.8, 4) is 11.5 Å². The summed E-state index contributed by atoms with van der Waals surface area (Å²) in [5.74, 6) is -14.6. The number of ether oxygens (including phenoxy) is 1. The van der Waals surface area contributed by atoms with Gasteiger partial charge in [-0.1, -0.05) is 100 Å². The van der Waals surface area contributed by atoms with E-state index in [-0.39, 0.29) is 18.8 Å². The summed E-state index contributed by atoms with van der Waals surface area (Å²) in [6.45, 7) is 2.20. The molecule has 6 nitrogen and oxygen atoms in total. The molecular weight excluding hydrogens is 592 g/mol. The SMILES string of the molecule is CCCCCCCCCCOC(=O)[C@H](Cc1ccccc1)N[P@](=O)(Oc1ccccc1)Oc1c(F)c(F)c(F)c(F)c1F. The van der Waals surface area contributed by atoms with Crippen molar-refractivity contribution in [3.05, 3.63) is 95.3 Å². The highest BCUT2D eigenvalue weighted by molar-refractivity contribution is 7.52. The van der Waals surface area contributed by atoms with Gasteiger partial charge in [-0.25, -0.2) is 17.7 Å². The minimum absolute atomic E-state index is 0.0586. The van der Waals surface area contributed by atoms with Gasteiger partial charge in [-0.3, -0.25) is 4.79 Å². The maximum Gasteiger partial charge on any atom is 0.513 e. The summed E-state index contributed by atoms with van der Waals surface area (Å²) in [5, 5.41) is 2.33. The summed E-state index contributed by atoms with van der Waals surface area (Å²) in [7, 11) is -5.07. The van der Waals surface area contributed by atoms with Crippen LogP contribution in [0.25, 0.3) is 0 Å². The van der Waals surface area contributed by atoms with Crippen LogP contribution in [0, 0.1) is 29.1 Å². The Labute approximate surface area is 248 Å². The number of nitrogens with one attached hydrogen (secondary N) is 1. The van der Waals surface area contributed by atoms with Crippen LogP contribution in [0.1, 0.15) is 63.9 Å². The van der Waals surface area contributed by atoms with Crippen LogP contribution in [-0.4, -0.2) is 18.6 Å². The molecule has 2 atom stereocenters. The Morgan fingerprint density at radius 3 is 1.81 bits per heavy atom. The lowest BCUT2D eigenvalue weighted by Gasteiger charge is -2.25. The van der Waals surface area contributed by atoms with Crippen molar-refractivity contribution in [2.45, 2.75) is 70.8 Å². The molecule has 3 aromatic rings. The fraction of sp³-hybridized carbons (Fsp3) is 0.387. The van der Waals surface area contributed by atoms with Crippen molar-refractivity contribution in [2.75, 3.05) is 6.61 Å².